The third-order valence-electron chi connectivity index (χ3n) is 6.28. The van der Waals surface area contributed by atoms with E-state index < -0.39 is 0 Å². The summed E-state index contributed by atoms with van der Waals surface area (Å²) in [5.74, 6) is 3.66. The van der Waals surface area contributed by atoms with Crippen LogP contribution in [0, 0.1) is 0 Å². The van der Waals surface area contributed by atoms with Gasteiger partial charge in [-0.1, -0.05) is 17.3 Å². The van der Waals surface area contributed by atoms with Crippen LogP contribution in [0.15, 0.2) is 45.4 Å². The van der Waals surface area contributed by atoms with E-state index in [9.17, 15) is 0 Å². The zero-order valence-electron chi connectivity index (χ0n) is 17.3. The highest BCUT2D eigenvalue weighted by molar-refractivity contribution is 7.98. The molecular weight excluding hydrogens is 426 g/mol. The quantitative estimate of drug-likeness (QED) is 0.361. The Morgan fingerprint density at radius 2 is 1.84 bits per heavy atom. The Kier molecular flexibility index (Phi) is 4.91. The van der Waals surface area contributed by atoms with E-state index in [1.807, 2.05) is 0 Å². The summed E-state index contributed by atoms with van der Waals surface area (Å²) < 4.78 is 6.75. The minimum atomic E-state index is 0.349. The van der Waals surface area contributed by atoms with Crippen molar-refractivity contribution in [1.29, 1.82) is 0 Å². The Morgan fingerprint density at radius 1 is 1.03 bits per heavy atom. The van der Waals surface area contributed by atoms with Gasteiger partial charge in [0.15, 0.2) is 5.82 Å². The first kappa shape index (κ1) is 19.3. The lowest BCUT2D eigenvalue weighted by Crippen LogP contribution is -2.33. The van der Waals surface area contributed by atoms with Crippen LogP contribution in [0.25, 0.3) is 21.3 Å². The summed E-state index contributed by atoms with van der Waals surface area (Å²) in [6, 6.07) is 8.70. The Morgan fingerprint density at radius 3 is 2.58 bits per heavy atom. The van der Waals surface area contributed by atoms with Gasteiger partial charge in [-0.15, -0.1) is 23.1 Å². The molecule has 4 heterocycles. The first-order valence-electron chi connectivity index (χ1n) is 10.7. The highest BCUT2D eigenvalue weighted by atomic mass is 32.2. The van der Waals surface area contributed by atoms with Crippen molar-refractivity contribution in [2.75, 3.05) is 24.2 Å². The highest BCUT2D eigenvalue weighted by Gasteiger charge is 2.32. The first-order valence-corrected chi connectivity index (χ1v) is 12.9. The van der Waals surface area contributed by atoms with Crippen LogP contribution in [0.2, 0.25) is 0 Å². The maximum absolute atomic E-state index is 5.58. The summed E-state index contributed by atoms with van der Waals surface area (Å²) in [6.45, 7) is 1.88. The van der Waals surface area contributed by atoms with Crippen LogP contribution in [0.4, 0.5) is 5.82 Å². The number of thioether (sulfide) groups is 1. The van der Waals surface area contributed by atoms with Crippen molar-refractivity contribution >= 4 is 39.1 Å². The lowest BCUT2D eigenvalue weighted by Gasteiger charge is -2.31. The number of rotatable bonds is 5. The fourth-order valence-corrected chi connectivity index (χ4v) is 5.75. The molecule has 6 rings (SSSR count). The Labute approximate surface area is 189 Å². The number of aromatic nitrogens is 4. The van der Waals surface area contributed by atoms with Gasteiger partial charge in [-0.3, -0.25) is 0 Å². The molecule has 0 radical (unpaired) electrons. The molecule has 158 valence electrons. The zero-order valence-corrected chi connectivity index (χ0v) is 19.0. The summed E-state index contributed by atoms with van der Waals surface area (Å²) in [6.07, 6.45) is 8.22. The van der Waals surface area contributed by atoms with E-state index in [0.717, 1.165) is 49.0 Å². The molecule has 8 heteroatoms. The fourth-order valence-electron chi connectivity index (χ4n) is 4.30. The predicted molar refractivity (Wildman–Crippen MR) is 125 cm³/mol. The third-order valence-corrected chi connectivity index (χ3v) is 7.99. The molecule has 31 heavy (non-hydrogen) atoms. The second-order valence-electron chi connectivity index (χ2n) is 8.28. The van der Waals surface area contributed by atoms with Crippen LogP contribution < -0.4 is 4.90 Å². The van der Waals surface area contributed by atoms with Gasteiger partial charge in [0.25, 0.3) is 0 Å². The maximum atomic E-state index is 5.58. The summed E-state index contributed by atoms with van der Waals surface area (Å²) in [5.41, 5.74) is 3.43. The van der Waals surface area contributed by atoms with Crippen LogP contribution in [0.5, 0.6) is 0 Å². The topological polar surface area (TPSA) is 67.9 Å². The molecule has 0 spiro atoms. The van der Waals surface area contributed by atoms with E-state index in [4.69, 9.17) is 4.52 Å². The predicted octanol–water partition coefficient (Wildman–Crippen LogP) is 5.72. The van der Waals surface area contributed by atoms with Crippen LogP contribution >= 0.6 is 23.1 Å². The molecular formula is C23H23N5OS2. The third kappa shape index (κ3) is 3.61. The minimum absolute atomic E-state index is 0.349. The average Bonchev–Trinajstić information content (AvgIpc) is 3.40. The van der Waals surface area contributed by atoms with Crippen LogP contribution in [-0.2, 0) is 0 Å². The number of anilines is 1. The lowest BCUT2D eigenvalue weighted by molar-refractivity contribution is 0.326. The highest BCUT2D eigenvalue weighted by Crippen LogP contribution is 2.41. The molecule has 3 aromatic heterocycles. The number of benzene rings is 1. The molecule has 1 saturated heterocycles. The van der Waals surface area contributed by atoms with Gasteiger partial charge in [0.05, 0.1) is 10.2 Å². The SMILES string of the molecule is CSc1ccc(-c2csc3c(N4CCC(c5nc(C6CC6)no5)CC4)ncnc23)cc1. The van der Waals surface area contributed by atoms with Crippen LogP contribution in [-0.4, -0.2) is 39.5 Å². The second-order valence-corrected chi connectivity index (χ2v) is 10.0. The van der Waals surface area contributed by atoms with E-state index >= 15 is 0 Å². The standard InChI is InChI=1S/C23H23N5OS2/c1-30-17-6-4-14(5-7-17)18-12-31-20-19(18)24-13-25-22(20)28-10-8-16(9-11-28)23-26-21(27-29-23)15-2-3-15/h4-7,12-13,15-16H,2-3,8-11H2,1H3. The fraction of sp³-hybridized carbons (Fsp3) is 0.391. The number of hydrogen-bond donors (Lipinski definition) is 0. The Balaban J connectivity index is 1.22. The molecule has 0 N–H and O–H groups in total. The number of hydrogen-bond acceptors (Lipinski definition) is 8. The van der Waals surface area contributed by atoms with Crippen molar-refractivity contribution in [3.63, 3.8) is 0 Å². The molecule has 1 aromatic carbocycles. The molecule has 2 fully saturated rings. The molecule has 6 nitrogen and oxygen atoms in total. The number of thiophene rings is 1. The smallest absolute Gasteiger partial charge is 0.229 e. The van der Waals surface area contributed by atoms with Crippen LogP contribution in [0.3, 0.4) is 0 Å². The Hall–Kier alpha value is -2.45. The molecule has 0 unspecified atom stereocenters. The largest absolute Gasteiger partial charge is 0.355 e. The summed E-state index contributed by atoms with van der Waals surface area (Å²) in [7, 11) is 0. The Bertz CT molecular complexity index is 1210. The molecule has 0 amide bonds. The number of nitrogens with zero attached hydrogens (tertiary/aromatic N) is 5. The minimum Gasteiger partial charge on any atom is -0.355 e. The number of fused-ring (bicyclic) bond motifs is 1. The van der Waals surface area contributed by atoms with Crippen molar-refractivity contribution in [3.8, 4) is 11.1 Å². The number of piperidine rings is 1. The van der Waals surface area contributed by atoms with E-state index in [2.05, 4.69) is 60.9 Å². The van der Waals surface area contributed by atoms with Crippen molar-refractivity contribution in [2.45, 2.75) is 42.4 Å². The van der Waals surface area contributed by atoms with Crippen LogP contribution in [0.1, 0.15) is 49.2 Å². The molecule has 4 aromatic rings. The van der Waals surface area contributed by atoms with Crippen molar-refractivity contribution < 1.29 is 4.52 Å². The van der Waals surface area contributed by atoms with Gasteiger partial charge in [-0.25, -0.2) is 9.97 Å². The lowest BCUT2D eigenvalue weighted by atomic mass is 9.96. The summed E-state index contributed by atoms with van der Waals surface area (Å²) >= 11 is 3.50. The second kappa shape index (κ2) is 7.91. The van der Waals surface area contributed by atoms with Crippen molar-refractivity contribution in [1.82, 2.24) is 20.1 Å². The van der Waals surface area contributed by atoms with Crippen molar-refractivity contribution in [3.05, 3.63) is 47.7 Å². The molecule has 0 atom stereocenters. The summed E-state index contributed by atoms with van der Waals surface area (Å²) in [5, 5.41) is 6.40. The van der Waals surface area contributed by atoms with Gasteiger partial charge in [0, 0.05) is 40.8 Å². The van der Waals surface area contributed by atoms with E-state index in [-0.39, 0.29) is 0 Å². The van der Waals surface area contributed by atoms with Gasteiger partial charge in [0.2, 0.25) is 5.89 Å². The van der Waals surface area contributed by atoms with Gasteiger partial charge < -0.3 is 9.42 Å². The molecule has 1 saturated carbocycles. The van der Waals surface area contributed by atoms with Gasteiger partial charge in [0.1, 0.15) is 12.1 Å². The van der Waals surface area contributed by atoms with E-state index in [1.54, 1.807) is 29.4 Å². The van der Waals surface area contributed by atoms with Gasteiger partial charge >= 0.3 is 0 Å². The molecule has 1 aliphatic heterocycles. The first-order chi connectivity index (χ1) is 15.3. The maximum Gasteiger partial charge on any atom is 0.229 e. The van der Waals surface area contributed by atoms with E-state index in [0.29, 0.717) is 11.8 Å². The summed E-state index contributed by atoms with van der Waals surface area (Å²) in [4.78, 5) is 17.6. The van der Waals surface area contributed by atoms with E-state index in [1.165, 1.54) is 33.6 Å². The van der Waals surface area contributed by atoms with Gasteiger partial charge in [-0.2, -0.15) is 4.98 Å². The monoisotopic (exact) mass is 449 g/mol. The molecule has 1 aliphatic carbocycles. The molecule has 2 aliphatic rings. The average molecular weight is 450 g/mol. The van der Waals surface area contributed by atoms with Crippen molar-refractivity contribution in [2.24, 2.45) is 0 Å². The normalized spacial score (nSPS) is 17.5. The van der Waals surface area contributed by atoms with Gasteiger partial charge in [-0.05, 0) is 49.6 Å². The molecule has 0 bridgehead atoms. The zero-order chi connectivity index (χ0) is 20.8.